The van der Waals surface area contributed by atoms with E-state index in [0.29, 0.717) is 12.3 Å². The molecule has 0 unspecified atom stereocenters. The summed E-state index contributed by atoms with van der Waals surface area (Å²) < 4.78 is 0. The molecule has 0 spiro atoms. The van der Waals surface area contributed by atoms with Crippen LogP contribution in [0.5, 0.6) is 0 Å². The highest BCUT2D eigenvalue weighted by Crippen LogP contribution is 2.04. The van der Waals surface area contributed by atoms with Crippen molar-refractivity contribution in [3.8, 4) is 6.07 Å². The minimum absolute atomic E-state index is 0.0636. The standard InChI is InChI=1S/C8H11NO/c1-6(2)4-8(10)7(3)5-9/h6H,3-4H2,1-2H3. The summed E-state index contributed by atoms with van der Waals surface area (Å²) in [5, 5.41) is 8.25. The molecule has 0 aliphatic heterocycles. The number of nitriles is 1. The maximum Gasteiger partial charge on any atom is 0.173 e. The van der Waals surface area contributed by atoms with Gasteiger partial charge in [0.25, 0.3) is 0 Å². The lowest BCUT2D eigenvalue weighted by molar-refractivity contribution is -0.115. The van der Waals surface area contributed by atoms with Gasteiger partial charge in [-0.25, -0.2) is 0 Å². The molecule has 0 aromatic carbocycles. The lowest BCUT2D eigenvalue weighted by atomic mass is 10.0. The van der Waals surface area contributed by atoms with Crippen LogP contribution in [-0.4, -0.2) is 5.78 Å². The van der Waals surface area contributed by atoms with E-state index in [0.717, 1.165) is 0 Å². The lowest BCUT2D eigenvalue weighted by Gasteiger charge is -1.99. The number of carbonyl (C=O) groups is 1. The third-order valence-corrected chi connectivity index (χ3v) is 1.07. The topological polar surface area (TPSA) is 40.9 Å². The number of carbonyl (C=O) groups excluding carboxylic acids is 1. The summed E-state index contributed by atoms with van der Waals surface area (Å²) in [6, 6.07) is 1.73. The van der Waals surface area contributed by atoms with Gasteiger partial charge in [-0.1, -0.05) is 20.4 Å². The molecule has 0 rings (SSSR count). The van der Waals surface area contributed by atoms with Gasteiger partial charge in [0.2, 0.25) is 0 Å². The van der Waals surface area contributed by atoms with Crippen LogP contribution in [0.4, 0.5) is 0 Å². The first-order valence-electron chi connectivity index (χ1n) is 3.20. The Morgan fingerprint density at radius 1 is 1.70 bits per heavy atom. The normalized spacial score (nSPS) is 9.00. The van der Waals surface area contributed by atoms with Gasteiger partial charge in [-0.2, -0.15) is 5.26 Å². The molecule has 0 aliphatic rings. The van der Waals surface area contributed by atoms with Gasteiger partial charge in [0, 0.05) is 6.42 Å². The maximum absolute atomic E-state index is 10.9. The van der Waals surface area contributed by atoms with Gasteiger partial charge in [-0.05, 0) is 5.92 Å². The number of allylic oxidation sites excluding steroid dienone is 1. The summed E-state index contributed by atoms with van der Waals surface area (Å²) in [5.74, 6) is 0.162. The SMILES string of the molecule is C=C(C#N)C(=O)CC(C)C. The largest absolute Gasteiger partial charge is 0.293 e. The van der Waals surface area contributed by atoms with Crippen LogP contribution in [0.2, 0.25) is 0 Å². The average molecular weight is 137 g/mol. The summed E-state index contributed by atoms with van der Waals surface area (Å²) in [4.78, 5) is 10.9. The Bertz CT molecular complexity index is 186. The van der Waals surface area contributed by atoms with E-state index in [1.807, 2.05) is 13.8 Å². The molecule has 0 radical (unpaired) electrons. The minimum atomic E-state index is -0.141. The van der Waals surface area contributed by atoms with Crippen LogP contribution >= 0.6 is 0 Å². The molecule has 0 aromatic heterocycles. The second-order valence-electron chi connectivity index (χ2n) is 2.61. The van der Waals surface area contributed by atoms with E-state index in [1.165, 1.54) is 0 Å². The van der Waals surface area contributed by atoms with E-state index >= 15 is 0 Å². The first-order valence-corrected chi connectivity index (χ1v) is 3.20. The molecule has 2 heteroatoms. The quantitative estimate of drug-likeness (QED) is 0.438. The summed E-state index contributed by atoms with van der Waals surface area (Å²) >= 11 is 0. The molecule has 0 N–H and O–H groups in total. The zero-order valence-electron chi connectivity index (χ0n) is 6.35. The fourth-order valence-electron chi connectivity index (χ4n) is 0.556. The summed E-state index contributed by atoms with van der Waals surface area (Å²) in [7, 11) is 0. The summed E-state index contributed by atoms with van der Waals surface area (Å²) in [5.41, 5.74) is 0.0636. The number of Topliss-reactive ketones (excluding diaryl/α,β-unsaturated/α-hetero) is 1. The second kappa shape index (κ2) is 3.84. The monoisotopic (exact) mass is 137 g/mol. The smallest absolute Gasteiger partial charge is 0.173 e. The van der Waals surface area contributed by atoms with Crippen LogP contribution in [0.25, 0.3) is 0 Å². The van der Waals surface area contributed by atoms with E-state index in [4.69, 9.17) is 5.26 Å². The number of nitrogens with zero attached hydrogens (tertiary/aromatic N) is 1. The van der Waals surface area contributed by atoms with Crippen molar-refractivity contribution in [3.05, 3.63) is 12.2 Å². The Balaban J connectivity index is 3.89. The second-order valence-corrected chi connectivity index (χ2v) is 2.61. The molecule has 2 nitrogen and oxygen atoms in total. The Kier molecular flexibility index (Phi) is 3.42. The molecule has 10 heavy (non-hydrogen) atoms. The van der Waals surface area contributed by atoms with Crippen molar-refractivity contribution in [2.75, 3.05) is 0 Å². The van der Waals surface area contributed by atoms with Crippen molar-refractivity contribution in [2.24, 2.45) is 5.92 Å². The summed E-state index contributed by atoms with van der Waals surface area (Å²) in [6.45, 7) is 7.18. The lowest BCUT2D eigenvalue weighted by Crippen LogP contribution is -2.03. The first-order chi connectivity index (χ1) is 4.57. The van der Waals surface area contributed by atoms with Crippen LogP contribution in [-0.2, 0) is 4.79 Å². The fraction of sp³-hybridized carbons (Fsp3) is 0.500. The average Bonchev–Trinajstić information content (AvgIpc) is 1.85. The molecule has 0 saturated carbocycles. The third kappa shape index (κ3) is 3.03. The molecular weight excluding hydrogens is 126 g/mol. The number of hydrogen-bond donors (Lipinski definition) is 0. The Morgan fingerprint density at radius 2 is 2.20 bits per heavy atom. The zero-order valence-corrected chi connectivity index (χ0v) is 6.35. The van der Waals surface area contributed by atoms with Crippen LogP contribution in [0.3, 0.4) is 0 Å². The predicted molar refractivity (Wildman–Crippen MR) is 39.2 cm³/mol. The summed E-state index contributed by atoms with van der Waals surface area (Å²) in [6.07, 6.45) is 0.423. The molecular formula is C8H11NO. The number of rotatable bonds is 3. The highest BCUT2D eigenvalue weighted by Gasteiger charge is 2.07. The molecule has 0 fully saturated rings. The van der Waals surface area contributed by atoms with Crippen LogP contribution in [0.15, 0.2) is 12.2 Å². The minimum Gasteiger partial charge on any atom is -0.293 e. The molecule has 0 saturated heterocycles. The molecule has 54 valence electrons. The highest BCUT2D eigenvalue weighted by molar-refractivity contribution is 5.98. The van der Waals surface area contributed by atoms with Crippen molar-refractivity contribution in [2.45, 2.75) is 20.3 Å². The number of hydrogen-bond acceptors (Lipinski definition) is 2. The van der Waals surface area contributed by atoms with Crippen molar-refractivity contribution in [1.29, 1.82) is 5.26 Å². The van der Waals surface area contributed by atoms with Crippen molar-refractivity contribution < 1.29 is 4.79 Å². The Morgan fingerprint density at radius 3 is 2.50 bits per heavy atom. The van der Waals surface area contributed by atoms with E-state index in [2.05, 4.69) is 6.58 Å². The Labute approximate surface area is 61.2 Å². The van der Waals surface area contributed by atoms with E-state index in [-0.39, 0.29) is 11.4 Å². The van der Waals surface area contributed by atoms with E-state index < -0.39 is 0 Å². The highest BCUT2D eigenvalue weighted by atomic mass is 16.1. The van der Waals surface area contributed by atoms with Gasteiger partial charge < -0.3 is 0 Å². The van der Waals surface area contributed by atoms with Crippen LogP contribution in [0.1, 0.15) is 20.3 Å². The van der Waals surface area contributed by atoms with Crippen LogP contribution < -0.4 is 0 Å². The molecule has 0 amide bonds. The van der Waals surface area contributed by atoms with Gasteiger partial charge in [0.05, 0.1) is 5.57 Å². The molecule has 0 heterocycles. The van der Waals surface area contributed by atoms with Crippen molar-refractivity contribution >= 4 is 5.78 Å². The van der Waals surface area contributed by atoms with Crippen molar-refractivity contribution in [1.82, 2.24) is 0 Å². The molecule has 0 aromatic rings. The zero-order chi connectivity index (χ0) is 8.15. The number of ketones is 1. The fourth-order valence-corrected chi connectivity index (χ4v) is 0.556. The third-order valence-electron chi connectivity index (χ3n) is 1.07. The van der Waals surface area contributed by atoms with Crippen molar-refractivity contribution in [3.63, 3.8) is 0 Å². The molecule has 0 atom stereocenters. The van der Waals surface area contributed by atoms with E-state index in [9.17, 15) is 4.79 Å². The van der Waals surface area contributed by atoms with Crippen LogP contribution in [0, 0.1) is 17.2 Å². The van der Waals surface area contributed by atoms with Gasteiger partial charge >= 0.3 is 0 Å². The molecule has 0 bridgehead atoms. The molecule has 0 aliphatic carbocycles. The maximum atomic E-state index is 10.9. The van der Waals surface area contributed by atoms with Gasteiger partial charge in [0.15, 0.2) is 5.78 Å². The van der Waals surface area contributed by atoms with Gasteiger partial charge in [-0.15, -0.1) is 0 Å². The first kappa shape index (κ1) is 8.90. The predicted octanol–water partition coefficient (Wildman–Crippen LogP) is 1.68. The Hall–Kier alpha value is -1.10. The van der Waals surface area contributed by atoms with Gasteiger partial charge in [0.1, 0.15) is 6.07 Å². The van der Waals surface area contributed by atoms with Gasteiger partial charge in [-0.3, -0.25) is 4.79 Å². The van der Waals surface area contributed by atoms with E-state index in [1.54, 1.807) is 6.07 Å².